The van der Waals surface area contributed by atoms with E-state index in [1.165, 1.54) is 250 Å². The van der Waals surface area contributed by atoms with Crippen molar-refractivity contribution in [3.05, 3.63) is 0 Å². The van der Waals surface area contributed by atoms with Gasteiger partial charge in [0.05, 0.1) is 19.8 Å². The molecule has 0 amide bonds. The average Bonchev–Trinajstić information content (AvgIpc) is 3.31. The second kappa shape index (κ2) is 52.8. The molecule has 0 saturated heterocycles. The number of phosphoric ester groups is 1. The number of carbonyl (C=O) groups excluding carboxylic acids is 1. The molecule has 3 atom stereocenters. The van der Waals surface area contributed by atoms with Crippen molar-refractivity contribution in [3.8, 4) is 0 Å². The number of carbonyl (C=O) groups is 2. The highest BCUT2D eigenvalue weighted by atomic mass is 31.2. The van der Waals surface area contributed by atoms with Crippen molar-refractivity contribution < 1.29 is 42.7 Å². The van der Waals surface area contributed by atoms with E-state index in [-0.39, 0.29) is 13.0 Å². The summed E-state index contributed by atoms with van der Waals surface area (Å²) in [5.74, 6) is -1.76. The van der Waals surface area contributed by atoms with Gasteiger partial charge in [0.15, 0.2) is 0 Å². The van der Waals surface area contributed by atoms with Gasteiger partial charge in [0.25, 0.3) is 0 Å². The predicted octanol–water partition coefficient (Wildman–Crippen LogP) is 17.4. The number of carboxylic acid groups (broad SMARTS) is 1. The summed E-state index contributed by atoms with van der Waals surface area (Å²) < 4.78 is 33.6. The molecule has 67 heavy (non-hydrogen) atoms. The van der Waals surface area contributed by atoms with Crippen LogP contribution in [-0.4, -0.2) is 60.5 Å². The summed E-state index contributed by atoms with van der Waals surface area (Å²) in [5, 5.41) is 8.95. The fraction of sp³-hybridized carbons (Fsp3) is 0.964. The SMILES string of the molecule is CCCCCCCCCCCCCCCCCCCCCCCCCCCC(=O)O[C@H](COCCCCCCCCCCCCCCCCCCCCCC)COP(=O)(O)OC[C@H](N)C(=O)O. The van der Waals surface area contributed by atoms with Crippen LogP contribution in [0.25, 0.3) is 0 Å². The highest BCUT2D eigenvalue weighted by molar-refractivity contribution is 7.47. The molecule has 0 aromatic rings. The molecule has 0 fully saturated rings. The lowest BCUT2D eigenvalue weighted by Gasteiger charge is -2.20. The third kappa shape index (κ3) is 52.6. The molecule has 400 valence electrons. The van der Waals surface area contributed by atoms with Gasteiger partial charge in [-0.05, 0) is 12.8 Å². The molecule has 11 heteroatoms. The Morgan fingerprint density at radius 1 is 0.418 bits per heavy atom. The standard InChI is InChI=1S/C56H112NO9P/c1-3-5-7-9-11-13-15-17-19-21-23-25-26-27-28-29-30-32-34-36-38-40-42-44-46-48-55(58)66-53(51-64-67(61,62)65-52-54(57)56(59)60)50-63-49-47-45-43-41-39-37-35-33-31-24-22-20-18-16-14-12-10-8-6-4-2/h53-54H,3-52,57H2,1-2H3,(H,59,60)(H,61,62)/t53-,54+/m1/s1. The van der Waals surface area contributed by atoms with E-state index in [1.54, 1.807) is 0 Å². The van der Waals surface area contributed by atoms with Crippen LogP contribution in [0.15, 0.2) is 0 Å². The summed E-state index contributed by atoms with van der Waals surface area (Å²) in [4.78, 5) is 33.8. The van der Waals surface area contributed by atoms with Crippen LogP contribution < -0.4 is 5.73 Å². The van der Waals surface area contributed by atoms with E-state index in [0.29, 0.717) is 6.61 Å². The number of unbranched alkanes of at least 4 members (excludes halogenated alkanes) is 43. The number of hydrogen-bond acceptors (Lipinski definition) is 8. The van der Waals surface area contributed by atoms with Crippen molar-refractivity contribution in [3.63, 3.8) is 0 Å². The molecule has 10 nitrogen and oxygen atoms in total. The van der Waals surface area contributed by atoms with Crippen LogP contribution in [0.3, 0.4) is 0 Å². The Morgan fingerprint density at radius 3 is 0.985 bits per heavy atom. The molecule has 0 aliphatic heterocycles. The Bertz CT molecular complexity index is 1080. The van der Waals surface area contributed by atoms with Crippen molar-refractivity contribution in [1.29, 1.82) is 0 Å². The smallest absolute Gasteiger partial charge is 0.472 e. The van der Waals surface area contributed by atoms with E-state index in [9.17, 15) is 19.0 Å². The number of carboxylic acids is 1. The van der Waals surface area contributed by atoms with Gasteiger partial charge in [0, 0.05) is 13.0 Å². The third-order valence-corrected chi connectivity index (χ3v) is 14.3. The van der Waals surface area contributed by atoms with Crippen LogP contribution in [0.2, 0.25) is 0 Å². The summed E-state index contributed by atoms with van der Waals surface area (Å²) in [6.45, 7) is 3.98. The molecule has 0 radical (unpaired) electrons. The van der Waals surface area contributed by atoms with E-state index in [0.717, 1.165) is 38.5 Å². The van der Waals surface area contributed by atoms with Crippen LogP contribution in [-0.2, 0) is 32.7 Å². The normalized spacial score (nSPS) is 13.5. The summed E-state index contributed by atoms with van der Waals surface area (Å²) >= 11 is 0. The van der Waals surface area contributed by atoms with Gasteiger partial charge in [-0.25, -0.2) is 4.57 Å². The van der Waals surface area contributed by atoms with Crippen molar-refractivity contribution in [2.75, 3.05) is 26.4 Å². The Labute approximate surface area is 414 Å². The van der Waals surface area contributed by atoms with Crippen LogP contribution >= 0.6 is 7.82 Å². The maximum atomic E-state index is 12.7. The zero-order chi connectivity index (χ0) is 49.0. The van der Waals surface area contributed by atoms with Crippen LogP contribution in [0.4, 0.5) is 0 Å². The maximum Gasteiger partial charge on any atom is 0.472 e. The van der Waals surface area contributed by atoms with E-state index in [2.05, 4.69) is 13.8 Å². The van der Waals surface area contributed by atoms with Crippen LogP contribution in [0.5, 0.6) is 0 Å². The Hall–Kier alpha value is -1.03. The van der Waals surface area contributed by atoms with Gasteiger partial charge in [0.1, 0.15) is 12.1 Å². The van der Waals surface area contributed by atoms with Gasteiger partial charge < -0.3 is 25.2 Å². The molecule has 0 spiro atoms. The van der Waals surface area contributed by atoms with E-state index in [1.807, 2.05) is 0 Å². The molecule has 0 saturated carbocycles. The van der Waals surface area contributed by atoms with Crippen molar-refractivity contribution in [1.82, 2.24) is 0 Å². The van der Waals surface area contributed by atoms with E-state index >= 15 is 0 Å². The Kier molecular flexibility index (Phi) is 52.0. The first kappa shape index (κ1) is 66.0. The fourth-order valence-electron chi connectivity index (χ4n) is 8.90. The first-order valence-corrected chi connectivity index (χ1v) is 30.6. The summed E-state index contributed by atoms with van der Waals surface area (Å²) in [6, 6.07) is -1.47. The number of phosphoric acid groups is 1. The molecule has 4 N–H and O–H groups in total. The van der Waals surface area contributed by atoms with E-state index in [4.69, 9.17) is 29.4 Å². The van der Waals surface area contributed by atoms with Gasteiger partial charge in [-0.1, -0.05) is 290 Å². The molecule has 0 bridgehead atoms. The second-order valence-electron chi connectivity index (χ2n) is 20.1. The molecule has 0 aromatic carbocycles. The van der Waals surface area contributed by atoms with Gasteiger partial charge in [-0.3, -0.25) is 18.6 Å². The molecule has 0 rings (SSSR count). The monoisotopic (exact) mass is 974 g/mol. The van der Waals surface area contributed by atoms with Crippen molar-refractivity contribution in [2.45, 2.75) is 321 Å². The fourth-order valence-corrected chi connectivity index (χ4v) is 9.68. The predicted molar refractivity (Wildman–Crippen MR) is 282 cm³/mol. The zero-order valence-electron chi connectivity index (χ0n) is 44.3. The Morgan fingerprint density at radius 2 is 0.687 bits per heavy atom. The number of ether oxygens (including phenoxy) is 2. The summed E-state index contributed by atoms with van der Waals surface area (Å²) in [6.07, 6.45) is 58.9. The lowest BCUT2D eigenvalue weighted by Crippen LogP contribution is -2.34. The molecule has 0 aliphatic rings. The lowest BCUT2D eigenvalue weighted by molar-refractivity contribution is -0.154. The van der Waals surface area contributed by atoms with Gasteiger partial charge in [0.2, 0.25) is 0 Å². The highest BCUT2D eigenvalue weighted by Gasteiger charge is 2.27. The minimum atomic E-state index is -4.62. The number of esters is 1. The third-order valence-electron chi connectivity index (χ3n) is 13.4. The molecular formula is C56H112NO9P. The van der Waals surface area contributed by atoms with Crippen LogP contribution in [0, 0.1) is 0 Å². The van der Waals surface area contributed by atoms with Gasteiger partial charge in [-0.2, -0.15) is 0 Å². The topological polar surface area (TPSA) is 155 Å². The zero-order valence-corrected chi connectivity index (χ0v) is 45.2. The first-order chi connectivity index (χ1) is 32.7. The lowest BCUT2D eigenvalue weighted by atomic mass is 10.0. The highest BCUT2D eigenvalue weighted by Crippen LogP contribution is 2.43. The molecule has 1 unspecified atom stereocenters. The molecule has 0 aliphatic carbocycles. The molecule has 0 heterocycles. The number of rotatable bonds is 57. The summed E-state index contributed by atoms with van der Waals surface area (Å²) in [7, 11) is -4.62. The summed E-state index contributed by atoms with van der Waals surface area (Å²) in [5.41, 5.74) is 5.39. The number of hydrogen-bond donors (Lipinski definition) is 3. The largest absolute Gasteiger partial charge is 0.480 e. The molecular weight excluding hydrogens is 862 g/mol. The average molecular weight is 974 g/mol. The quantitative estimate of drug-likeness (QED) is 0.0305. The van der Waals surface area contributed by atoms with E-state index < -0.39 is 45.1 Å². The minimum Gasteiger partial charge on any atom is -0.480 e. The van der Waals surface area contributed by atoms with Gasteiger partial charge >= 0.3 is 19.8 Å². The first-order valence-electron chi connectivity index (χ1n) is 29.1. The van der Waals surface area contributed by atoms with Crippen molar-refractivity contribution in [2.24, 2.45) is 5.73 Å². The van der Waals surface area contributed by atoms with Crippen molar-refractivity contribution >= 4 is 19.8 Å². The Balaban J connectivity index is 3.99. The maximum absolute atomic E-state index is 12.7. The number of aliphatic carboxylic acids is 1. The van der Waals surface area contributed by atoms with Gasteiger partial charge in [-0.15, -0.1) is 0 Å². The second-order valence-corrected chi connectivity index (χ2v) is 21.6. The minimum absolute atomic E-state index is 0.0268. The molecule has 0 aromatic heterocycles. The van der Waals surface area contributed by atoms with Crippen LogP contribution in [0.1, 0.15) is 309 Å². The number of nitrogens with two attached hydrogens (primary N) is 1.